The first-order chi connectivity index (χ1) is 13.9. The maximum Gasteiger partial charge on any atom is 0.228 e. The second-order valence-electron chi connectivity index (χ2n) is 6.22. The molecule has 0 unspecified atom stereocenters. The normalized spacial score (nSPS) is 10.6. The Bertz CT molecular complexity index is 1040. The zero-order valence-corrected chi connectivity index (χ0v) is 18.2. The van der Waals surface area contributed by atoms with Crippen molar-refractivity contribution >= 4 is 63.9 Å². The lowest BCUT2D eigenvalue weighted by Gasteiger charge is -2.08. The van der Waals surface area contributed by atoms with Gasteiger partial charge in [0.05, 0.1) is 22.2 Å². The van der Waals surface area contributed by atoms with Crippen LogP contribution in [0.4, 0.5) is 5.69 Å². The Balaban J connectivity index is 1.57. The molecule has 1 amide bonds. The summed E-state index contributed by atoms with van der Waals surface area (Å²) < 4.78 is 0. The van der Waals surface area contributed by atoms with E-state index in [-0.39, 0.29) is 23.9 Å². The molecule has 3 rings (SSSR count). The van der Waals surface area contributed by atoms with Crippen LogP contribution in [0.25, 0.3) is 0 Å². The summed E-state index contributed by atoms with van der Waals surface area (Å²) in [7, 11) is 0. The summed E-state index contributed by atoms with van der Waals surface area (Å²) in [5.41, 5.74) is 2.07. The summed E-state index contributed by atoms with van der Waals surface area (Å²) in [6.07, 6.45) is 0.254. The lowest BCUT2D eigenvalue weighted by molar-refractivity contribution is -0.115. The molecule has 0 atom stereocenters. The van der Waals surface area contributed by atoms with Crippen molar-refractivity contribution in [3.63, 3.8) is 0 Å². The molecule has 148 valence electrons. The number of hydrogen-bond acceptors (Lipinski definition) is 3. The molecular formula is C22H16Cl3NO2S. The molecule has 0 heterocycles. The van der Waals surface area contributed by atoms with E-state index in [1.807, 2.05) is 36.4 Å². The molecule has 3 aromatic rings. The Hall–Kier alpha value is -1.98. The topological polar surface area (TPSA) is 46.2 Å². The highest BCUT2D eigenvalue weighted by molar-refractivity contribution is 8.00. The number of amides is 1. The molecule has 0 bridgehead atoms. The number of anilines is 1. The summed E-state index contributed by atoms with van der Waals surface area (Å²) in [6.45, 7) is 0. The highest BCUT2D eigenvalue weighted by atomic mass is 35.5. The maximum absolute atomic E-state index is 12.4. The van der Waals surface area contributed by atoms with Gasteiger partial charge in [-0.2, -0.15) is 0 Å². The second-order valence-corrected chi connectivity index (χ2v) is 8.52. The fraction of sp³-hybridized carbons (Fsp3) is 0.0909. The van der Waals surface area contributed by atoms with Gasteiger partial charge >= 0.3 is 0 Å². The minimum atomic E-state index is -0.124. The van der Waals surface area contributed by atoms with Crippen LogP contribution in [-0.4, -0.2) is 17.4 Å². The number of carbonyl (C=O) groups is 2. The number of thioether (sulfide) groups is 1. The maximum atomic E-state index is 12.4. The Morgan fingerprint density at radius 1 is 0.862 bits per heavy atom. The third-order valence-corrected chi connectivity index (χ3v) is 5.99. The van der Waals surface area contributed by atoms with Gasteiger partial charge in [0.1, 0.15) is 0 Å². The van der Waals surface area contributed by atoms with Crippen molar-refractivity contribution in [3.05, 3.63) is 92.9 Å². The Labute approximate surface area is 188 Å². The zero-order valence-electron chi connectivity index (χ0n) is 15.1. The molecule has 0 radical (unpaired) electrons. The van der Waals surface area contributed by atoms with E-state index in [0.29, 0.717) is 26.3 Å². The summed E-state index contributed by atoms with van der Waals surface area (Å²) in [5, 5.41) is 4.28. The highest BCUT2D eigenvalue weighted by Gasteiger charge is 2.10. The van der Waals surface area contributed by atoms with Crippen LogP contribution in [0.2, 0.25) is 15.1 Å². The van der Waals surface area contributed by atoms with E-state index in [4.69, 9.17) is 34.8 Å². The molecule has 1 N–H and O–H groups in total. The van der Waals surface area contributed by atoms with Gasteiger partial charge in [-0.3, -0.25) is 9.59 Å². The zero-order chi connectivity index (χ0) is 20.8. The molecule has 0 aliphatic rings. The van der Waals surface area contributed by atoms with E-state index >= 15 is 0 Å². The van der Waals surface area contributed by atoms with E-state index in [0.717, 1.165) is 10.5 Å². The number of rotatable bonds is 7. The Morgan fingerprint density at radius 2 is 1.62 bits per heavy atom. The summed E-state index contributed by atoms with van der Waals surface area (Å²) >= 11 is 19.1. The van der Waals surface area contributed by atoms with E-state index < -0.39 is 0 Å². The molecule has 0 aromatic heterocycles. The van der Waals surface area contributed by atoms with Crippen LogP contribution in [0.3, 0.4) is 0 Å². The lowest BCUT2D eigenvalue weighted by atomic mass is 10.1. The molecule has 0 aliphatic heterocycles. The van der Waals surface area contributed by atoms with Gasteiger partial charge < -0.3 is 5.32 Å². The van der Waals surface area contributed by atoms with Crippen LogP contribution in [0.15, 0.2) is 71.6 Å². The molecule has 0 spiro atoms. The number of halogens is 3. The van der Waals surface area contributed by atoms with E-state index in [2.05, 4.69) is 5.32 Å². The van der Waals surface area contributed by atoms with E-state index in [1.165, 1.54) is 11.8 Å². The van der Waals surface area contributed by atoms with Crippen molar-refractivity contribution in [2.45, 2.75) is 11.3 Å². The molecule has 0 saturated heterocycles. The van der Waals surface area contributed by atoms with Gasteiger partial charge in [0.2, 0.25) is 5.91 Å². The molecular weight excluding hydrogens is 449 g/mol. The van der Waals surface area contributed by atoms with Crippen LogP contribution in [0.1, 0.15) is 15.9 Å². The van der Waals surface area contributed by atoms with Crippen LogP contribution in [0, 0.1) is 0 Å². The average molecular weight is 465 g/mol. The van der Waals surface area contributed by atoms with Crippen molar-refractivity contribution in [1.82, 2.24) is 0 Å². The van der Waals surface area contributed by atoms with Crippen molar-refractivity contribution in [3.8, 4) is 0 Å². The van der Waals surface area contributed by atoms with Crippen molar-refractivity contribution in [2.24, 2.45) is 0 Å². The lowest BCUT2D eigenvalue weighted by Crippen LogP contribution is -2.14. The van der Waals surface area contributed by atoms with Crippen LogP contribution in [-0.2, 0) is 11.2 Å². The Morgan fingerprint density at radius 3 is 2.34 bits per heavy atom. The number of ketones is 1. The summed E-state index contributed by atoms with van der Waals surface area (Å²) in [6, 6.07) is 19.4. The van der Waals surface area contributed by atoms with Gasteiger partial charge in [0.25, 0.3) is 0 Å². The van der Waals surface area contributed by atoms with Crippen molar-refractivity contribution in [2.75, 3.05) is 11.1 Å². The third-order valence-electron chi connectivity index (χ3n) is 4.01. The van der Waals surface area contributed by atoms with E-state index in [1.54, 1.807) is 30.3 Å². The van der Waals surface area contributed by atoms with Gasteiger partial charge in [0.15, 0.2) is 5.78 Å². The predicted octanol–water partition coefficient (Wildman–Crippen LogP) is 6.80. The average Bonchev–Trinajstić information content (AvgIpc) is 2.70. The molecule has 0 fully saturated rings. The highest BCUT2D eigenvalue weighted by Crippen LogP contribution is 2.26. The second kappa shape index (κ2) is 10.2. The minimum Gasteiger partial charge on any atom is -0.326 e. The van der Waals surface area contributed by atoms with Gasteiger partial charge in [-0.25, -0.2) is 0 Å². The summed E-state index contributed by atoms with van der Waals surface area (Å²) in [4.78, 5) is 25.5. The van der Waals surface area contributed by atoms with Crippen LogP contribution in [0.5, 0.6) is 0 Å². The molecule has 7 heteroatoms. The van der Waals surface area contributed by atoms with Gasteiger partial charge in [-0.1, -0.05) is 53.0 Å². The first-order valence-electron chi connectivity index (χ1n) is 8.66. The fourth-order valence-electron chi connectivity index (χ4n) is 2.56. The van der Waals surface area contributed by atoms with Crippen molar-refractivity contribution < 1.29 is 9.59 Å². The van der Waals surface area contributed by atoms with Gasteiger partial charge in [-0.15, -0.1) is 11.8 Å². The first-order valence-corrected chi connectivity index (χ1v) is 10.8. The van der Waals surface area contributed by atoms with E-state index in [9.17, 15) is 9.59 Å². The number of carbonyl (C=O) groups excluding carboxylic acids is 2. The fourth-order valence-corrected chi connectivity index (χ4v) is 3.83. The Kier molecular flexibility index (Phi) is 7.62. The number of hydrogen-bond donors (Lipinski definition) is 1. The molecule has 29 heavy (non-hydrogen) atoms. The number of Topliss-reactive ketones (excluding diaryl/α,β-unsaturated/α-hetero) is 1. The van der Waals surface area contributed by atoms with Gasteiger partial charge in [-0.05, 0) is 54.1 Å². The first kappa shape index (κ1) is 21.7. The number of benzene rings is 3. The quantitative estimate of drug-likeness (QED) is 0.309. The minimum absolute atomic E-state index is 0.0502. The number of nitrogens with one attached hydrogen (secondary N) is 1. The van der Waals surface area contributed by atoms with Crippen LogP contribution < -0.4 is 5.32 Å². The van der Waals surface area contributed by atoms with Crippen molar-refractivity contribution in [1.29, 1.82) is 0 Å². The molecule has 0 aliphatic carbocycles. The molecule has 0 saturated carbocycles. The largest absolute Gasteiger partial charge is 0.326 e. The van der Waals surface area contributed by atoms with Crippen LogP contribution >= 0.6 is 46.6 Å². The monoisotopic (exact) mass is 463 g/mol. The SMILES string of the molecule is O=C(Cc1ccc(Cl)cc1)Nc1cccc(SCC(=O)c2ccc(Cl)c(Cl)c2)c1. The smallest absolute Gasteiger partial charge is 0.228 e. The molecule has 3 aromatic carbocycles. The predicted molar refractivity (Wildman–Crippen MR) is 122 cm³/mol. The van der Waals surface area contributed by atoms with Gasteiger partial charge in [0, 0.05) is 21.2 Å². The molecule has 3 nitrogen and oxygen atoms in total. The standard InChI is InChI=1S/C22H16Cl3NO2S/c23-16-7-4-14(5-8-16)10-22(28)26-17-2-1-3-18(12-17)29-13-21(27)15-6-9-19(24)20(25)11-15/h1-9,11-12H,10,13H2,(H,26,28). The third kappa shape index (κ3) is 6.51. The summed E-state index contributed by atoms with van der Waals surface area (Å²) in [5.74, 6) is 0.0762.